The van der Waals surface area contributed by atoms with Gasteiger partial charge in [0.1, 0.15) is 0 Å². The largest absolute Gasteiger partial charge is 0.467 e. The molecule has 0 amide bonds. The molecular formula is C13H22O3. The number of hydrogen-bond acceptors (Lipinski definition) is 3. The highest BCUT2D eigenvalue weighted by Gasteiger charge is 2.52. The fourth-order valence-corrected chi connectivity index (χ4v) is 2.97. The maximum Gasteiger partial charge on any atom is 0.335 e. The van der Waals surface area contributed by atoms with Gasteiger partial charge in [0.25, 0.3) is 0 Å². The molecule has 2 rings (SSSR count). The zero-order valence-electron chi connectivity index (χ0n) is 10.1. The molecule has 92 valence electrons. The Bertz CT molecular complexity index is 252. The molecule has 0 heterocycles. The summed E-state index contributed by atoms with van der Waals surface area (Å²) in [5, 5.41) is 9.91. The molecule has 2 fully saturated rings. The molecule has 0 aromatic heterocycles. The van der Waals surface area contributed by atoms with Crippen LogP contribution in [0.25, 0.3) is 0 Å². The van der Waals surface area contributed by atoms with Gasteiger partial charge in [-0.3, -0.25) is 0 Å². The molecule has 0 aliphatic heterocycles. The van der Waals surface area contributed by atoms with Gasteiger partial charge in [0, 0.05) is 5.41 Å². The van der Waals surface area contributed by atoms with E-state index in [4.69, 9.17) is 0 Å². The molecule has 0 spiro atoms. The lowest BCUT2D eigenvalue weighted by Gasteiger charge is -2.21. The van der Waals surface area contributed by atoms with Gasteiger partial charge in [0.05, 0.1) is 7.11 Å². The highest BCUT2D eigenvalue weighted by Crippen LogP contribution is 2.54. The summed E-state index contributed by atoms with van der Waals surface area (Å²) >= 11 is 0. The topological polar surface area (TPSA) is 46.5 Å². The number of hydrogen-bond donors (Lipinski definition) is 1. The maximum absolute atomic E-state index is 11.3. The van der Waals surface area contributed by atoms with Gasteiger partial charge in [-0.1, -0.05) is 25.7 Å². The Kier molecular flexibility index (Phi) is 3.53. The Labute approximate surface area is 97.2 Å². The third-order valence-corrected chi connectivity index (χ3v) is 4.42. The van der Waals surface area contributed by atoms with E-state index in [1.165, 1.54) is 39.2 Å². The Balaban J connectivity index is 1.81. The molecular weight excluding hydrogens is 204 g/mol. The molecule has 0 radical (unpaired) electrons. The van der Waals surface area contributed by atoms with Crippen molar-refractivity contribution in [3.63, 3.8) is 0 Å². The normalized spacial score (nSPS) is 25.4. The van der Waals surface area contributed by atoms with E-state index < -0.39 is 12.1 Å². The molecule has 0 bridgehead atoms. The predicted octanol–water partition coefficient (Wildman–Crippen LogP) is 2.27. The molecule has 3 heteroatoms. The lowest BCUT2D eigenvalue weighted by atomic mass is 9.88. The van der Waals surface area contributed by atoms with Crippen molar-refractivity contribution in [3.8, 4) is 0 Å². The van der Waals surface area contributed by atoms with Crippen LogP contribution in [0.3, 0.4) is 0 Å². The number of ether oxygens (including phenoxy) is 1. The zero-order chi connectivity index (χ0) is 11.6. The molecule has 3 nitrogen and oxygen atoms in total. The molecule has 0 aromatic carbocycles. The van der Waals surface area contributed by atoms with Crippen LogP contribution in [-0.2, 0) is 9.53 Å². The zero-order valence-corrected chi connectivity index (χ0v) is 10.1. The van der Waals surface area contributed by atoms with E-state index in [0.717, 1.165) is 25.2 Å². The Morgan fingerprint density at radius 2 is 2.06 bits per heavy atom. The second-order valence-electron chi connectivity index (χ2n) is 5.48. The lowest BCUT2D eigenvalue weighted by Crippen LogP contribution is -2.32. The van der Waals surface area contributed by atoms with Crippen molar-refractivity contribution in [2.45, 2.75) is 57.5 Å². The molecule has 0 saturated heterocycles. The van der Waals surface area contributed by atoms with Crippen molar-refractivity contribution in [1.82, 2.24) is 0 Å². The first-order valence-electron chi connectivity index (χ1n) is 6.44. The first kappa shape index (κ1) is 11.9. The van der Waals surface area contributed by atoms with Crippen LogP contribution in [0.2, 0.25) is 0 Å². The molecule has 1 unspecified atom stereocenters. The Morgan fingerprint density at radius 1 is 1.44 bits per heavy atom. The maximum atomic E-state index is 11.3. The van der Waals surface area contributed by atoms with E-state index in [9.17, 15) is 9.90 Å². The standard InChI is InChI=1S/C13H22O3/c1-16-12(15)11(14)13(8-9-13)7-6-10-4-2-3-5-10/h10-11,14H,2-9H2,1H3. The molecule has 2 aliphatic carbocycles. The first-order valence-corrected chi connectivity index (χ1v) is 6.44. The Morgan fingerprint density at radius 3 is 2.56 bits per heavy atom. The summed E-state index contributed by atoms with van der Waals surface area (Å²) in [5.74, 6) is 0.381. The van der Waals surface area contributed by atoms with Gasteiger partial charge in [-0.05, 0) is 31.6 Å². The van der Waals surface area contributed by atoms with Crippen molar-refractivity contribution < 1.29 is 14.6 Å². The second-order valence-corrected chi connectivity index (χ2v) is 5.48. The number of methoxy groups -OCH3 is 1. The summed E-state index contributed by atoms with van der Waals surface area (Å²) in [6.07, 6.45) is 8.64. The number of carbonyl (C=O) groups is 1. The number of esters is 1. The van der Waals surface area contributed by atoms with Gasteiger partial charge < -0.3 is 9.84 Å². The minimum absolute atomic E-state index is 0.129. The first-order chi connectivity index (χ1) is 7.68. The van der Waals surface area contributed by atoms with Crippen LogP contribution in [0.15, 0.2) is 0 Å². The Hall–Kier alpha value is -0.570. The van der Waals surface area contributed by atoms with Gasteiger partial charge in [-0.15, -0.1) is 0 Å². The average molecular weight is 226 g/mol. The number of carbonyl (C=O) groups excluding carboxylic acids is 1. The van der Waals surface area contributed by atoms with Crippen molar-refractivity contribution in [3.05, 3.63) is 0 Å². The van der Waals surface area contributed by atoms with Crippen molar-refractivity contribution in [1.29, 1.82) is 0 Å². The molecule has 1 atom stereocenters. The van der Waals surface area contributed by atoms with Gasteiger partial charge in [-0.25, -0.2) is 4.79 Å². The van der Waals surface area contributed by atoms with Gasteiger partial charge >= 0.3 is 5.97 Å². The number of aliphatic hydroxyl groups is 1. The minimum Gasteiger partial charge on any atom is -0.467 e. The highest BCUT2D eigenvalue weighted by atomic mass is 16.5. The third kappa shape index (κ3) is 2.40. The summed E-state index contributed by atoms with van der Waals surface area (Å²) in [6.45, 7) is 0. The third-order valence-electron chi connectivity index (χ3n) is 4.42. The fraction of sp³-hybridized carbons (Fsp3) is 0.923. The summed E-state index contributed by atoms with van der Waals surface area (Å²) < 4.78 is 4.62. The van der Waals surface area contributed by atoms with Gasteiger partial charge in [0.15, 0.2) is 6.10 Å². The molecule has 0 aromatic rings. The fourth-order valence-electron chi connectivity index (χ4n) is 2.97. The van der Waals surface area contributed by atoms with E-state index >= 15 is 0 Å². The monoisotopic (exact) mass is 226 g/mol. The molecule has 2 saturated carbocycles. The smallest absolute Gasteiger partial charge is 0.335 e. The summed E-state index contributed by atoms with van der Waals surface area (Å²) in [5.41, 5.74) is -0.129. The molecule has 1 N–H and O–H groups in total. The summed E-state index contributed by atoms with van der Waals surface area (Å²) in [6, 6.07) is 0. The molecule has 2 aliphatic rings. The van der Waals surface area contributed by atoms with E-state index in [2.05, 4.69) is 4.74 Å². The predicted molar refractivity (Wildman–Crippen MR) is 60.9 cm³/mol. The second kappa shape index (κ2) is 4.74. The van der Waals surface area contributed by atoms with Crippen molar-refractivity contribution >= 4 is 5.97 Å². The summed E-state index contributed by atoms with van der Waals surface area (Å²) in [7, 11) is 1.35. The molecule has 16 heavy (non-hydrogen) atoms. The van der Waals surface area contributed by atoms with Crippen molar-refractivity contribution in [2.24, 2.45) is 11.3 Å². The van der Waals surface area contributed by atoms with Crippen LogP contribution < -0.4 is 0 Å². The van der Waals surface area contributed by atoms with E-state index in [1.54, 1.807) is 0 Å². The van der Waals surface area contributed by atoms with Crippen LogP contribution in [0.5, 0.6) is 0 Å². The van der Waals surface area contributed by atoms with E-state index in [0.29, 0.717) is 0 Å². The number of aliphatic hydroxyl groups excluding tert-OH is 1. The SMILES string of the molecule is COC(=O)C(O)C1(CCC2CCCC2)CC1. The van der Waals surface area contributed by atoms with Crippen LogP contribution in [0, 0.1) is 11.3 Å². The van der Waals surface area contributed by atoms with Gasteiger partial charge in [-0.2, -0.15) is 0 Å². The van der Waals surface area contributed by atoms with E-state index in [1.807, 2.05) is 0 Å². The summed E-state index contributed by atoms with van der Waals surface area (Å²) in [4.78, 5) is 11.3. The van der Waals surface area contributed by atoms with E-state index in [-0.39, 0.29) is 5.41 Å². The lowest BCUT2D eigenvalue weighted by molar-refractivity contribution is -0.154. The van der Waals surface area contributed by atoms with Crippen LogP contribution >= 0.6 is 0 Å². The van der Waals surface area contributed by atoms with Crippen LogP contribution in [0.1, 0.15) is 51.4 Å². The van der Waals surface area contributed by atoms with Gasteiger partial charge in [0.2, 0.25) is 0 Å². The average Bonchev–Trinajstić information content (AvgIpc) is 2.92. The van der Waals surface area contributed by atoms with Crippen LogP contribution in [-0.4, -0.2) is 24.3 Å². The van der Waals surface area contributed by atoms with Crippen molar-refractivity contribution in [2.75, 3.05) is 7.11 Å². The van der Waals surface area contributed by atoms with Crippen LogP contribution in [0.4, 0.5) is 0 Å². The number of rotatable bonds is 5. The quantitative estimate of drug-likeness (QED) is 0.731. The highest BCUT2D eigenvalue weighted by molar-refractivity contribution is 5.75. The minimum atomic E-state index is -0.890.